The van der Waals surface area contributed by atoms with Gasteiger partial charge in [0.15, 0.2) is 0 Å². The van der Waals surface area contributed by atoms with E-state index in [1.54, 1.807) is 0 Å². The summed E-state index contributed by atoms with van der Waals surface area (Å²) < 4.78 is 0. The Morgan fingerprint density at radius 3 is 2.67 bits per heavy atom. The lowest BCUT2D eigenvalue weighted by atomic mass is 10.1. The van der Waals surface area contributed by atoms with Gasteiger partial charge in [-0.15, -0.1) is 0 Å². The van der Waals surface area contributed by atoms with E-state index in [-0.39, 0.29) is 0 Å². The average molecular weight is 205 g/mol. The molecule has 15 heavy (non-hydrogen) atoms. The fraction of sp³-hybridized carbons (Fsp3) is 0.500. The number of para-hydroxylation sites is 1. The molecule has 3 nitrogen and oxygen atoms in total. The quantitative estimate of drug-likeness (QED) is 0.774. The first-order valence-corrected chi connectivity index (χ1v) is 5.51. The van der Waals surface area contributed by atoms with E-state index in [0.717, 1.165) is 26.2 Å². The van der Waals surface area contributed by atoms with Crippen molar-refractivity contribution in [3.8, 4) is 0 Å². The van der Waals surface area contributed by atoms with Crippen LogP contribution in [0.5, 0.6) is 0 Å². The van der Waals surface area contributed by atoms with Crippen LogP contribution in [0.2, 0.25) is 0 Å². The molecule has 1 aromatic rings. The summed E-state index contributed by atoms with van der Waals surface area (Å²) in [4.78, 5) is 4.76. The van der Waals surface area contributed by atoms with Crippen molar-refractivity contribution >= 4 is 5.69 Å². The molecule has 0 spiro atoms. The molecule has 1 unspecified atom stereocenters. The topological polar surface area (TPSA) is 32.5 Å². The second-order valence-electron chi connectivity index (χ2n) is 4.15. The van der Waals surface area contributed by atoms with Gasteiger partial charge >= 0.3 is 0 Å². The summed E-state index contributed by atoms with van der Waals surface area (Å²) in [6.45, 7) is 3.96. The third kappa shape index (κ3) is 2.30. The molecule has 1 aliphatic heterocycles. The third-order valence-corrected chi connectivity index (χ3v) is 3.17. The molecule has 0 amide bonds. The molecule has 2 N–H and O–H groups in total. The summed E-state index contributed by atoms with van der Waals surface area (Å²) in [7, 11) is 2.15. The van der Waals surface area contributed by atoms with E-state index < -0.39 is 0 Å². The monoisotopic (exact) mass is 205 g/mol. The van der Waals surface area contributed by atoms with Crippen LogP contribution in [0.25, 0.3) is 0 Å². The molecule has 1 heterocycles. The van der Waals surface area contributed by atoms with Gasteiger partial charge in [0.1, 0.15) is 0 Å². The molecular weight excluding hydrogens is 186 g/mol. The largest absolute Gasteiger partial charge is 0.369 e. The van der Waals surface area contributed by atoms with E-state index in [2.05, 4.69) is 47.2 Å². The van der Waals surface area contributed by atoms with Crippen LogP contribution in [0.4, 0.5) is 5.69 Å². The van der Waals surface area contributed by atoms with Crippen molar-refractivity contribution in [2.75, 3.05) is 38.1 Å². The first-order valence-electron chi connectivity index (χ1n) is 5.51. The zero-order chi connectivity index (χ0) is 10.7. The van der Waals surface area contributed by atoms with Crippen molar-refractivity contribution in [3.63, 3.8) is 0 Å². The summed E-state index contributed by atoms with van der Waals surface area (Å²) in [6.07, 6.45) is 0. The van der Waals surface area contributed by atoms with Crippen molar-refractivity contribution in [3.05, 3.63) is 30.3 Å². The number of likely N-dealkylation sites (N-methyl/N-ethyl adjacent to an activating group) is 1. The molecule has 0 saturated carbocycles. The average Bonchev–Trinajstić information content (AvgIpc) is 2.31. The predicted molar refractivity (Wildman–Crippen MR) is 64.1 cm³/mol. The van der Waals surface area contributed by atoms with E-state index >= 15 is 0 Å². The van der Waals surface area contributed by atoms with Crippen LogP contribution < -0.4 is 10.6 Å². The first kappa shape index (κ1) is 10.5. The van der Waals surface area contributed by atoms with Crippen molar-refractivity contribution in [2.45, 2.75) is 6.04 Å². The molecule has 2 rings (SSSR count). The number of benzene rings is 1. The summed E-state index contributed by atoms with van der Waals surface area (Å²) >= 11 is 0. The zero-order valence-corrected chi connectivity index (χ0v) is 9.26. The van der Waals surface area contributed by atoms with Crippen LogP contribution in [-0.4, -0.2) is 44.2 Å². The number of hydrogen-bond donors (Lipinski definition) is 1. The van der Waals surface area contributed by atoms with Crippen molar-refractivity contribution in [1.82, 2.24) is 4.90 Å². The van der Waals surface area contributed by atoms with Crippen molar-refractivity contribution < 1.29 is 0 Å². The lowest BCUT2D eigenvalue weighted by Gasteiger charge is -2.40. The second-order valence-corrected chi connectivity index (χ2v) is 4.15. The SMILES string of the molecule is CN1CCN(c2ccccc2)CC1CN. The number of piperazine rings is 1. The number of nitrogens with zero attached hydrogens (tertiary/aromatic N) is 2. The van der Waals surface area contributed by atoms with Crippen molar-refractivity contribution in [1.29, 1.82) is 0 Å². The Bertz CT molecular complexity index is 299. The highest BCUT2D eigenvalue weighted by atomic mass is 15.3. The molecule has 3 heteroatoms. The van der Waals surface area contributed by atoms with Gasteiger partial charge < -0.3 is 10.6 Å². The van der Waals surface area contributed by atoms with Gasteiger partial charge in [-0.1, -0.05) is 18.2 Å². The maximum Gasteiger partial charge on any atom is 0.0391 e. The van der Waals surface area contributed by atoms with Crippen LogP contribution in [0.1, 0.15) is 0 Å². The summed E-state index contributed by atoms with van der Waals surface area (Å²) in [6, 6.07) is 11.0. The van der Waals surface area contributed by atoms with Crippen LogP contribution in [0, 0.1) is 0 Å². The smallest absolute Gasteiger partial charge is 0.0391 e. The Hall–Kier alpha value is -1.06. The number of hydrogen-bond acceptors (Lipinski definition) is 3. The Morgan fingerprint density at radius 1 is 1.27 bits per heavy atom. The maximum absolute atomic E-state index is 5.77. The lowest BCUT2D eigenvalue weighted by Crippen LogP contribution is -2.54. The fourth-order valence-electron chi connectivity index (χ4n) is 2.07. The first-order chi connectivity index (χ1) is 7.31. The fourth-order valence-corrected chi connectivity index (χ4v) is 2.07. The van der Waals surface area contributed by atoms with E-state index in [1.807, 2.05) is 0 Å². The predicted octanol–water partition coefficient (Wildman–Crippen LogP) is 0.766. The van der Waals surface area contributed by atoms with E-state index in [1.165, 1.54) is 5.69 Å². The number of rotatable bonds is 2. The van der Waals surface area contributed by atoms with Gasteiger partial charge in [-0.05, 0) is 19.2 Å². The molecule has 0 radical (unpaired) electrons. The minimum absolute atomic E-state index is 0.485. The third-order valence-electron chi connectivity index (χ3n) is 3.17. The van der Waals surface area contributed by atoms with Gasteiger partial charge in [0.2, 0.25) is 0 Å². The molecular formula is C12H19N3. The summed E-state index contributed by atoms with van der Waals surface area (Å²) in [5.41, 5.74) is 7.07. The molecule has 1 fully saturated rings. The number of anilines is 1. The van der Waals surface area contributed by atoms with E-state index in [9.17, 15) is 0 Å². The van der Waals surface area contributed by atoms with Crippen molar-refractivity contribution in [2.24, 2.45) is 5.73 Å². The molecule has 1 aromatic carbocycles. The highest BCUT2D eigenvalue weighted by Gasteiger charge is 2.22. The maximum atomic E-state index is 5.77. The summed E-state index contributed by atoms with van der Waals surface area (Å²) in [5.74, 6) is 0. The van der Waals surface area contributed by atoms with Crippen LogP contribution >= 0.6 is 0 Å². The van der Waals surface area contributed by atoms with Gasteiger partial charge in [-0.2, -0.15) is 0 Å². The van der Waals surface area contributed by atoms with Crippen LogP contribution in [0.15, 0.2) is 30.3 Å². The molecule has 1 saturated heterocycles. The lowest BCUT2D eigenvalue weighted by molar-refractivity contribution is 0.224. The Labute approximate surface area is 91.5 Å². The zero-order valence-electron chi connectivity index (χ0n) is 9.26. The second kappa shape index (κ2) is 4.64. The van der Waals surface area contributed by atoms with E-state index in [4.69, 9.17) is 5.73 Å². The Balaban J connectivity index is 2.06. The Morgan fingerprint density at radius 2 is 2.00 bits per heavy atom. The normalized spacial score (nSPS) is 23.1. The Kier molecular flexibility index (Phi) is 3.23. The van der Waals surface area contributed by atoms with Gasteiger partial charge in [-0.25, -0.2) is 0 Å². The molecule has 1 aliphatic rings. The molecule has 0 aromatic heterocycles. The van der Waals surface area contributed by atoms with Gasteiger partial charge in [0.05, 0.1) is 0 Å². The standard InChI is InChI=1S/C12H19N3/c1-14-7-8-15(10-12(14)9-13)11-5-3-2-4-6-11/h2-6,12H,7-10,13H2,1H3. The minimum Gasteiger partial charge on any atom is -0.369 e. The van der Waals surface area contributed by atoms with Crippen LogP contribution in [0.3, 0.4) is 0 Å². The van der Waals surface area contributed by atoms with Gasteiger partial charge in [0, 0.05) is 37.9 Å². The van der Waals surface area contributed by atoms with Crippen LogP contribution in [-0.2, 0) is 0 Å². The van der Waals surface area contributed by atoms with E-state index in [0.29, 0.717) is 6.04 Å². The number of nitrogens with two attached hydrogens (primary N) is 1. The minimum atomic E-state index is 0.485. The molecule has 1 atom stereocenters. The highest BCUT2D eigenvalue weighted by molar-refractivity contribution is 5.46. The molecule has 0 aliphatic carbocycles. The molecule has 0 bridgehead atoms. The summed E-state index contributed by atoms with van der Waals surface area (Å²) in [5, 5.41) is 0. The highest BCUT2D eigenvalue weighted by Crippen LogP contribution is 2.17. The van der Waals surface area contributed by atoms with Gasteiger partial charge in [0.25, 0.3) is 0 Å². The molecule has 82 valence electrons. The van der Waals surface area contributed by atoms with Gasteiger partial charge in [-0.3, -0.25) is 4.90 Å².